The lowest BCUT2D eigenvalue weighted by Crippen LogP contribution is -2.41. The standard InChI is InChI=1S/C18H19N3O4/c1-24-17(23)18-11-20(9-14(18)10-25-12-18)16(22)13-4-2-5-15(8-13)21-7-3-6-19-21/h2-8,14H,9-12H2,1H3/t14-,18-/m0/s1. The largest absolute Gasteiger partial charge is 0.468 e. The number of benzene rings is 1. The van der Waals surface area contributed by atoms with Crippen molar-refractivity contribution in [2.45, 2.75) is 0 Å². The molecule has 0 bridgehead atoms. The summed E-state index contributed by atoms with van der Waals surface area (Å²) in [4.78, 5) is 27.0. The lowest BCUT2D eigenvalue weighted by molar-refractivity contribution is -0.153. The van der Waals surface area contributed by atoms with E-state index in [9.17, 15) is 9.59 Å². The van der Waals surface area contributed by atoms with Gasteiger partial charge in [-0.3, -0.25) is 9.59 Å². The molecule has 0 spiro atoms. The van der Waals surface area contributed by atoms with Gasteiger partial charge in [-0.25, -0.2) is 4.68 Å². The number of likely N-dealkylation sites (tertiary alicyclic amines) is 1. The van der Waals surface area contributed by atoms with Crippen LogP contribution < -0.4 is 0 Å². The van der Waals surface area contributed by atoms with Crippen molar-refractivity contribution in [2.75, 3.05) is 33.4 Å². The van der Waals surface area contributed by atoms with Crippen LogP contribution in [0.2, 0.25) is 0 Å². The van der Waals surface area contributed by atoms with Gasteiger partial charge < -0.3 is 14.4 Å². The summed E-state index contributed by atoms with van der Waals surface area (Å²) >= 11 is 0. The molecule has 2 fully saturated rings. The SMILES string of the molecule is COC(=O)[C@@]12COC[C@@H]1CN(C(=O)c1cccc(-n3cccn3)c1)C2. The van der Waals surface area contributed by atoms with Crippen molar-refractivity contribution in [1.82, 2.24) is 14.7 Å². The summed E-state index contributed by atoms with van der Waals surface area (Å²) < 4.78 is 12.2. The molecular weight excluding hydrogens is 322 g/mol. The molecule has 7 nitrogen and oxygen atoms in total. The number of aromatic nitrogens is 2. The number of hydrogen-bond acceptors (Lipinski definition) is 5. The molecule has 130 valence electrons. The zero-order valence-electron chi connectivity index (χ0n) is 13.9. The zero-order valence-corrected chi connectivity index (χ0v) is 13.9. The third-order valence-electron chi connectivity index (χ3n) is 5.12. The molecule has 0 aliphatic carbocycles. The molecular formula is C18H19N3O4. The van der Waals surface area contributed by atoms with Gasteiger partial charge in [0.25, 0.3) is 5.91 Å². The molecule has 25 heavy (non-hydrogen) atoms. The second-order valence-corrected chi connectivity index (χ2v) is 6.55. The molecule has 2 saturated heterocycles. The highest BCUT2D eigenvalue weighted by atomic mass is 16.5. The molecule has 0 N–H and O–H groups in total. The Bertz CT molecular complexity index is 804. The van der Waals surface area contributed by atoms with Crippen LogP contribution in [0.3, 0.4) is 0 Å². The molecule has 2 atom stereocenters. The Kier molecular flexibility index (Phi) is 3.80. The van der Waals surface area contributed by atoms with E-state index in [4.69, 9.17) is 9.47 Å². The number of nitrogens with zero attached hydrogens (tertiary/aromatic N) is 3. The predicted molar refractivity (Wildman–Crippen MR) is 88.2 cm³/mol. The molecule has 2 aromatic rings. The minimum absolute atomic E-state index is 0.0156. The second kappa shape index (κ2) is 6.00. The van der Waals surface area contributed by atoms with Crippen LogP contribution in [-0.4, -0.2) is 60.0 Å². The van der Waals surface area contributed by atoms with E-state index in [2.05, 4.69) is 5.10 Å². The molecule has 4 rings (SSSR count). The second-order valence-electron chi connectivity index (χ2n) is 6.55. The fraction of sp³-hybridized carbons (Fsp3) is 0.389. The van der Waals surface area contributed by atoms with Gasteiger partial charge in [-0.2, -0.15) is 5.10 Å². The van der Waals surface area contributed by atoms with Gasteiger partial charge in [0.2, 0.25) is 0 Å². The molecule has 7 heteroatoms. The smallest absolute Gasteiger partial charge is 0.316 e. The Labute approximate surface area is 145 Å². The summed E-state index contributed by atoms with van der Waals surface area (Å²) in [7, 11) is 1.38. The summed E-state index contributed by atoms with van der Waals surface area (Å²) in [5, 5.41) is 4.19. The molecule has 3 heterocycles. The number of hydrogen-bond donors (Lipinski definition) is 0. The number of rotatable bonds is 3. The maximum atomic E-state index is 13.0. The van der Waals surface area contributed by atoms with E-state index < -0.39 is 5.41 Å². The molecule has 2 aliphatic rings. The van der Waals surface area contributed by atoms with Gasteiger partial charge in [0.05, 0.1) is 26.0 Å². The molecule has 1 amide bonds. The topological polar surface area (TPSA) is 73.7 Å². The molecule has 0 saturated carbocycles. The van der Waals surface area contributed by atoms with E-state index in [1.54, 1.807) is 21.8 Å². The third kappa shape index (κ3) is 2.51. The number of methoxy groups -OCH3 is 1. The van der Waals surface area contributed by atoms with Crippen LogP contribution in [0.4, 0.5) is 0 Å². The Morgan fingerprint density at radius 2 is 2.24 bits per heavy atom. The minimum atomic E-state index is -0.732. The molecule has 1 aromatic heterocycles. The highest BCUT2D eigenvalue weighted by Gasteiger charge is 2.57. The van der Waals surface area contributed by atoms with E-state index in [0.717, 1.165) is 5.69 Å². The molecule has 0 radical (unpaired) electrons. The summed E-state index contributed by atoms with van der Waals surface area (Å²) in [6, 6.07) is 9.15. The van der Waals surface area contributed by atoms with Crippen LogP contribution in [0.25, 0.3) is 5.69 Å². The van der Waals surface area contributed by atoms with Crippen LogP contribution in [0.1, 0.15) is 10.4 Å². The Morgan fingerprint density at radius 1 is 1.36 bits per heavy atom. The van der Waals surface area contributed by atoms with E-state index in [-0.39, 0.29) is 17.8 Å². The first-order valence-corrected chi connectivity index (χ1v) is 8.19. The first-order valence-electron chi connectivity index (χ1n) is 8.19. The zero-order chi connectivity index (χ0) is 17.4. The average molecular weight is 341 g/mol. The number of amides is 1. The quantitative estimate of drug-likeness (QED) is 0.783. The monoisotopic (exact) mass is 341 g/mol. The van der Waals surface area contributed by atoms with Crippen molar-refractivity contribution in [3.63, 3.8) is 0 Å². The lowest BCUT2D eigenvalue weighted by Gasteiger charge is -2.23. The van der Waals surface area contributed by atoms with Gasteiger partial charge in [0.15, 0.2) is 0 Å². The number of carbonyl (C=O) groups excluding carboxylic acids is 2. The highest BCUT2D eigenvalue weighted by Crippen LogP contribution is 2.42. The Balaban J connectivity index is 1.58. The Morgan fingerprint density at radius 3 is 3.00 bits per heavy atom. The minimum Gasteiger partial charge on any atom is -0.468 e. The van der Waals surface area contributed by atoms with Crippen molar-refractivity contribution in [3.05, 3.63) is 48.3 Å². The van der Waals surface area contributed by atoms with Crippen LogP contribution in [0.5, 0.6) is 0 Å². The maximum absolute atomic E-state index is 13.0. The third-order valence-corrected chi connectivity index (χ3v) is 5.12. The van der Waals surface area contributed by atoms with Gasteiger partial charge in [-0.05, 0) is 24.3 Å². The van der Waals surface area contributed by atoms with Crippen molar-refractivity contribution < 1.29 is 19.1 Å². The first kappa shape index (κ1) is 15.8. The van der Waals surface area contributed by atoms with Gasteiger partial charge in [0.1, 0.15) is 5.41 Å². The first-order chi connectivity index (χ1) is 12.1. The summed E-state index contributed by atoms with van der Waals surface area (Å²) in [6.07, 6.45) is 3.52. The maximum Gasteiger partial charge on any atom is 0.316 e. The van der Waals surface area contributed by atoms with Crippen molar-refractivity contribution in [1.29, 1.82) is 0 Å². The highest BCUT2D eigenvalue weighted by molar-refractivity contribution is 5.95. The summed E-state index contributed by atoms with van der Waals surface area (Å²) in [6.45, 7) is 1.61. The number of esters is 1. The van der Waals surface area contributed by atoms with Crippen LogP contribution >= 0.6 is 0 Å². The van der Waals surface area contributed by atoms with Crippen molar-refractivity contribution >= 4 is 11.9 Å². The fourth-order valence-corrected chi connectivity index (χ4v) is 3.77. The van der Waals surface area contributed by atoms with Gasteiger partial charge in [0, 0.05) is 37.0 Å². The lowest BCUT2D eigenvalue weighted by atomic mass is 9.81. The van der Waals surface area contributed by atoms with Crippen LogP contribution in [0.15, 0.2) is 42.7 Å². The normalized spacial score (nSPS) is 25.0. The fourth-order valence-electron chi connectivity index (χ4n) is 3.77. The van der Waals surface area contributed by atoms with Gasteiger partial charge in [-0.15, -0.1) is 0 Å². The van der Waals surface area contributed by atoms with E-state index >= 15 is 0 Å². The number of fused-ring (bicyclic) bond motifs is 1. The number of carbonyl (C=O) groups is 2. The molecule has 1 aromatic carbocycles. The average Bonchev–Trinajstić information content (AvgIpc) is 3.35. The van der Waals surface area contributed by atoms with E-state index in [1.807, 2.05) is 30.5 Å². The van der Waals surface area contributed by atoms with Crippen LogP contribution in [0, 0.1) is 11.3 Å². The van der Waals surface area contributed by atoms with Crippen LogP contribution in [-0.2, 0) is 14.3 Å². The van der Waals surface area contributed by atoms with Gasteiger partial charge >= 0.3 is 5.97 Å². The molecule has 0 unspecified atom stereocenters. The Hall–Kier alpha value is -2.67. The van der Waals surface area contributed by atoms with Crippen molar-refractivity contribution in [3.8, 4) is 5.69 Å². The van der Waals surface area contributed by atoms with E-state index in [1.165, 1.54) is 7.11 Å². The molecule has 2 aliphatic heterocycles. The predicted octanol–water partition coefficient (Wildman–Crippen LogP) is 1.13. The summed E-state index contributed by atoms with van der Waals surface area (Å²) in [5.74, 6) is -0.402. The van der Waals surface area contributed by atoms with Gasteiger partial charge in [-0.1, -0.05) is 6.07 Å². The van der Waals surface area contributed by atoms with E-state index in [0.29, 0.717) is 31.9 Å². The summed E-state index contributed by atoms with van der Waals surface area (Å²) in [5.41, 5.74) is 0.666. The van der Waals surface area contributed by atoms with Crippen molar-refractivity contribution in [2.24, 2.45) is 11.3 Å². The number of ether oxygens (including phenoxy) is 2.